The lowest BCUT2D eigenvalue weighted by atomic mass is 10.1. The highest BCUT2D eigenvalue weighted by Crippen LogP contribution is 2.22. The summed E-state index contributed by atoms with van der Waals surface area (Å²) in [6.45, 7) is 1.60. The van der Waals surface area contributed by atoms with E-state index in [4.69, 9.17) is 20.8 Å². The lowest BCUT2D eigenvalue weighted by Gasteiger charge is -2.15. The second-order valence-electron chi connectivity index (χ2n) is 7.13. The van der Waals surface area contributed by atoms with Gasteiger partial charge in [-0.05, 0) is 54.1 Å². The van der Waals surface area contributed by atoms with E-state index in [0.29, 0.717) is 22.4 Å². The number of halogens is 1. The van der Waals surface area contributed by atoms with Crippen molar-refractivity contribution >= 4 is 34.2 Å². The Morgan fingerprint density at radius 2 is 1.78 bits per heavy atom. The lowest BCUT2D eigenvalue weighted by molar-refractivity contribution is -0.132. The van der Waals surface area contributed by atoms with Crippen molar-refractivity contribution in [1.82, 2.24) is 15.8 Å². The molecule has 0 aliphatic rings. The number of hydrogen-bond donors (Lipinski definition) is 2. The van der Waals surface area contributed by atoms with Gasteiger partial charge in [0, 0.05) is 10.6 Å². The van der Waals surface area contributed by atoms with Gasteiger partial charge in [0.2, 0.25) is 11.8 Å². The molecule has 7 nitrogen and oxygen atoms in total. The Morgan fingerprint density at radius 3 is 2.56 bits per heavy atom. The predicted octanol–water partition coefficient (Wildman–Crippen LogP) is 4.31. The number of benzene rings is 3. The molecule has 162 valence electrons. The van der Waals surface area contributed by atoms with Crippen LogP contribution >= 0.6 is 11.6 Å². The smallest absolute Gasteiger partial charge is 0.279 e. The van der Waals surface area contributed by atoms with Crippen LogP contribution in [0, 0.1) is 0 Å². The summed E-state index contributed by atoms with van der Waals surface area (Å²) in [5.41, 5.74) is 5.91. The van der Waals surface area contributed by atoms with Crippen LogP contribution in [-0.4, -0.2) is 22.9 Å². The molecule has 0 bridgehead atoms. The van der Waals surface area contributed by atoms with Gasteiger partial charge in [-0.2, -0.15) is 0 Å². The minimum atomic E-state index is -0.806. The van der Waals surface area contributed by atoms with Crippen LogP contribution in [0.4, 0.5) is 0 Å². The molecule has 0 aliphatic heterocycles. The summed E-state index contributed by atoms with van der Waals surface area (Å²) in [6.07, 6.45) is 0.536. The van der Waals surface area contributed by atoms with Crippen molar-refractivity contribution in [2.45, 2.75) is 19.4 Å². The highest BCUT2D eigenvalue weighted by Gasteiger charge is 2.17. The summed E-state index contributed by atoms with van der Waals surface area (Å²) in [5, 5.41) is 2.70. The van der Waals surface area contributed by atoms with Gasteiger partial charge in [-0.3, -0.25) is 20.4 Å². The summed E-state index contributed by atoms with van der Waals surface area (Å²) in [4.78, 5) is 28.7. The van der Waals surface area contributed by atoms with E-state index < -0.39 is 17.9 Å². The van der Waals surface area contributed by atoms with Gasteiger partial charge < -0.3 is 9.15 Å². The third-order valence-corrected chi connectivity index (χ3v) is 4.96. The Balaban J connectivity index is 1.27. The van der Waals surface area contributed by atoms with Crippen LogP contribution in [0.25, 0.3) is 22.2 Å². The molecule has 2 amide bonds. The van der Waals surface area contributed by atoms with Crippen LogP contribution in [0.5, 0.6) is 5.75 Å². The Bertz CT molecular complexity index is 1250. The Morgan fingerprint density at radius 1 is 1.03 bits per heavy atom. The van der Waals surface area contributed by atoms with Gasteiger partial charge in [0.1, 0.15) is 12.0 Å². The molecule has 0 saturated heterocycles. The molecule has 1 atom stereocenters. The minimum Gasteiger partial charge on any atom is -0.481 e. The second kappa shape index (κ2) is 9.53. The second-order valence-corrected chi connectivity index (χ2v) is 7.57. The third-order valence-electron chi connectivity index (χ3n) is 4.71. The summed E-state index contributed by atoms with van der Waals surface area (Å²) in [7, 11) is 0. The number of carbonyl (C=O) groups is 2. The van der Waals surface area contributed by atoms with Crippen molar-refractivity contribution in [3.63, 3.8) is 0 Å². The Labute approximate surface area is 189 Å². The number of nitrogens with zero attached hydrogens (tertiary/aromatic N) is 1. The average molecular weight is 450 g/mol. The number of carbonyl (C=O) groups excluding carboxylic acids is 2. The van der Waals surface area contributed by atoms with Crippen LogP contribution in [0.15, 0.2) is 77.4 Å². The molecule has 4 rings (SSSR count). The monoisotopic (exact) mass is 449 g/mol. The third kappa shape index (κ3) is 5.25. The van der Waals surface area contributed by atoms with Crippen molar-refractivity contribution in [2.24, 2.45) is 0 Å². The van der Waals surface area contributed by atoms with Gasteiger partial charge >= 0.3 is 0 Å². The zero-order valence-corrected chi connectivity index (χ0v) is 17.9. The molecule has 8 heteroatoms. The highest BCUT2D eigenvalue weighted by atomic mass is 35.5. The molecule has 2 N–H and O–H groups in total. The maximum atomic E-state index is 12.3. The number of amides is 2. The van der Waals surface area contributed by atoms with Gasteiger partial charge in [0.15, 0.2) is 6.10 Å². The van der Waals surface area contributed by atoms with Gasteiger partial charge in [0.05, 0.1) is 12.1 Å². The van der Waals surface area contributed by atoms with Gasteiger partial charge in [-0.25, -0.2) is 4.98 Å². The van der Waals surface area contributed by atoms with Gasteiger partial charge in [-0.15, -0.1) is 0 Å². The van der Waals surface area contributed by atoms with Crippen LogP contribution in [-0.2, 0) is 16.0 Å². The first-order chi connectivity index (χ1) is 15.5. The number of fused-ring (bicyclic) bond motifs is 1. The lowest BCUT2D eigenvalue weighted by Crippen LogP contribution is -2.47. The van der Waals surface area contributed by atoms with E-state index >= 15 is 0 Å². The number of nitrogens with one attached hydrogen (secondary N) is 2. The number of hydrogen-bond acceptors (Lipinski definition) is 5. The van der Waals surface area contributed by atoms with Crippen molar-refractivity contribution in [3.05, 3.63) is 83.7 Å². The Hall–Kier alpha value is -3.84. The fourth-order valence-corrected chi connectivity index (χ4v) is 3.18. The van der Waals surface area contributed by atoms with E-state index in [1.54, 1.807) is 37.3 Å². The number of hydrazine groups is 1. The van der Waals surface area contributed by atoms with E-state index in [0.717, 1.165) is 16.3 Å². The first-order valence-electron chi connectivity index (χ1n) is 9.92. The predicted molar refractivity (Wildman–Crippen MR) is 121 cm³/mol. The highest BCUT2D eigenvalue weighted by molar-refractivity contribution is 6.30. The quantitative estimate of drug-likeness (QED) is 0.428. The van der Waals surface area contributed by atoms with Crippen molar-refractivity contribution in [3.8, 4) is 17.2 Å². The summed E-state index contributed by atoms with van der Waals surface area (Å²) in [6, 6.07) is 20.4. The summed E-state index contributed by atoms with van der Waals surface area (Å²) >= 11 is 5.88. The van der Waals surface area contributed by atoms with Crippen molar-refractivity contribution < 1.29 is 18.7 Å². The Kier molecular flexibility index (Phi) is 6.37. The summed E-state index contributed by atoms with van der Waals surface area (Å²) < 4.78 is 11.1. The first kappa shape index (κ1) is 21.4. The molecule has 0 fully saturated rings. The van der Waals surface area contributed by atoms with Gasteiger partial charge in [0.25, 0.3) is 5.91 Å². The molecule has 0 radical (unpaired) electrons. The van der Waals surface area contributed by atoms with Crippen LogP contribution in [0.1, 0.15) is 12.6 Å². The molecule has 1 unspecified atom stereocenters. The van der Waals surface area contributed by atoms with E-state index in [9.17, 15) is 9.59 Å². The molecule has 0 spiro atoms. The van der Waals surface area contributed by atoms with E-state index in [1.165, 1.54) is 6.26 Å². The fourth-order valence-electron chi connectivity index (χ4n) is 3.05. The molecule has 0 aliphatic carbocycles. The SMILES string of the molecule is CC(Oc1ccc2ccccc2c1)C(=O)NNC(=O)Cc1coc(-c2ccc(Cl)cc2)n1. The molecule has 32 heavy (non-hydrogen) atoms. The molecule has 1 heterocycles. The van der Waals surface area contributed by atoms with Crippen molar-refractivity contribution in [1.29, 1.82) is 0 Å². The van der Waals surface area contributed by atoms with Crippen molar-refractivity contribution in [2.75, 3.05) is 0 Å². The molecule has 4 aromatic rings. The van der Waals surface area contributed by atoms with Crippen LogP contribution < -0.4 is 15.6 Å². The zero-order valence-electron chi connectivity index (χ0n) is 17.2. The van der Waals surface area contributed by atoms with Crippen LogP contribution in [0.2, 0.25) is 5.02 Å². The maximum absolute atomic E-state index is 12.3. The average Bonchev–Trinajstić information content (AvgIpc) is 3.26. The summed E-state index contributed by atoms with van der Waals surface area (Å²) in [5.74, 6) is 0.0293. The number of ether oxygens (including phenoxy) is 1. The van der Waals surface area contributed by atoms with Gasteiger partial charge in [-0.1, -0.05) is 41.9 Å². The molecular formula is C24H20ClN3O4. The maximum Gasteiger partial charge on any atom is 0.279 e. The first-order valence-corrected chi connectivity index (χ1v) is 10.3. The number of aromatic nitrogens is 1. The standard InChI is InChI=1S/C24H20ClN3O4/c1-15(32-21-11-8-16-4-2-3-5-18(16)12-21)23(30)28-27-22(29)13-20-14-31-24(26-20)17-6-9-19(25)10-7-17/h2-12,14-15H,13H2,1H3,(H,27,29)(H,28,30). The molecule has 3 aromatic carbocycles. The molecular weight excluding hydrogens is 430 g/mol. The van der Waals surface area contributed by atoms with E-state index in [-0.39, 0.29) is 6.42 Å². The number of rotatable bonds is 6. The molecule has 0 saturated carbocycles. The minimum absolute atomic E-state index is 0.0583. The fraction of sp³-hybridized carbons (Fsp3) is 0.125. The topological polar surface area (TPSA) is 93.5 Å². The van der Waals surface area contributed by atoms with E-state index in [1.807, 2.05) is 36.4 Å². The zero-order chi connectivity index (χ0) is 22.5. The van der Waals surface area contributed by atoms with Crippen LogP contribution in [0.3, 0.4) is 0 Å². The normalized spacial score (nSPS) is 11.7. The molecule has 1 aromatic heterocycles. The number of oxazole rings is 1. The largest absolute Gasteiger partial charge is 0.481 e. The van der Waals surface area contributed by atoms with E-state index in [2.05, 4.69) is 15.8 Å².